The molecule has 110 valence electrons. The van der Waals surface area contributed by atoms with Gasteiger partial charge in [-0.15, -0.1) is 0 Å². The fourth-order valence-electron chi connectivity index (χ4n) is 1.80. The summed E-state index contributed by atoms with van der Waals surface area (Å²) in [6.45, 7) is 0. The maximum atomic E-state index is 13.0. The van der Waals surface area contributed by atoms with Gasteiger partial charge >= 0.3 is 6.18 Å². The number of thiocarbonyl (C=S) groups is 1. The zero-order valence-electron chi connectivity index (χ0n) is 10.5. The highest BCUT2D eigenvalue weighted by molar-refractivity contribution is 7.80. The van der Waals surface area contributed by atoms with E-state index in [1.54, 1.807) is 24.3 Å². The molecule has 0 amide bonds. The van der Waals surface area contributed by atoms with E-state index in [1.165, 1.54) is 12.1 Å². The van der Waals surface area contributed by atoms with Gasteiger partial charge in [0.25, 0.3) is 0 Å². The Labute approximate surface area is 129 Å². The molecule has 0 fully saturated rings. The van der Waals surface area contributed by atoms with Gasteiger partial charge in [0.1, 0.15) is 4.99 Å². The number of anilines is 2. The van der Waals surface area contributed by atoms with Crippen molar-refractivity contribution < 1.29 is 13.2 Å². The van der Waals surface area contributed by atoms with Crippen molar-refractivity contribution in [2.75, 3.05) is 5.32 Å². The molecule has 0 unspecified atom stereocenters. The van der Waals surface area contributed by atoms with E-state index in [2.05, 4.69) is 17.5 Å². The monoisotopic (exact) mass is 330 g/mol. The van der Waals surface area contributed by atoms with Crippen LogP contribution in [0.3, 0.4) is 0 Å². The molecular weight excluding hydrogens is 321 g/mol. The van der Waals surface area contributed by atoms with Crippen molar-refractivity contribution in [3.8, 4) is 0 Å². The zero-order chi connectivity index (χ0) is 15.6. The largest absolute Gasteiger partial charge is 0.417 e. The molecule has 0 spiro atoms. The second-order valence-corrected chi connectivity index (χ2v) is 5.13. The van der Waals surface area contributed by atoms with Crippen molar-refractivity contribution in [2.45, 2.75) is 6.18 Å². The molecule has 0 aromatic heterocycles. The third-order valence-electron chi connectivity index (χ3n) is 2.70. The van der Waals surface area contributed by atoms with Crippen LogP contribution in [0, 0.1) is 0 Å². The Balaban J connectivity index is 2.40. The summed E-state index contributed by atoms with van der Waals surface area (Å²) < 4.78 is 39.1. The topological polar surface area (TPSA) is 38.0 Å². The molecule has 0 atom stereocenters. The Kier molecular flexibility index (Phi) is 4.39. The molecule has 3 N–H and O–H groups in total. The lowest BCUT2D eigenvalue weighted by atomic mass is 10.1. The molecule has 0 bridgehead atoms. The van der Waals surface area contributed by atoms with Crippen molar-refractivity contribution in [2.24, 2.45) is 5.73 Å². The molecule has 21 heavy (non-hydrogen) atoms. The Hall–Kier alpha value is -1.79. The summed E-state index contributed by atoms with van der Waals surface area (Å²) in [6, 6.07) is 10.4. The van der Waals surface area contributed by atoms with E-state index in [0.717, 1.165) is 6.07 Å². The van der Waals surface area contributed by atoms with Crippen molar-refractivity contribution in [1.29, 1.82) is 0 Å². The van der Waals surface area contributed by atoms with E-state index < -0.39 is 11.7 Å². The summed E-state index contributed by atoms with van der Waals surface area (Å²) in [5.41, 5.74) is 5.10. The number of halogens is 4. The van der Waals surface area contributed by atoms with Gasteiger partial charge in [-0.1, -0.05) is 29.9 Å². The van der Waals surface area contributed by atoms with Gasteiger partial charge in [-0.05, 0) is 36.4 Å². The van der Waals surface area contributed by atoms with Crippen molar-refractivity contribution in [3.63, 3.8) is 0 Å². The van der Waals surface area contributed by atoms with E-state index in [4.69, 9.17) is 17.3 Å². The van der Waals surface area contributed by atoms with Crippen LogP contribution in [0.15, 0.2) is 42.5 Å². The molecule has 0 aliphatic heterocycles. The Bertz CT molecular complexity index is 686. The van der Waals surface area contributed by atoms with Crippen LogP contribution in [0.25, 0.3) is 0 Å². The van der Waals surface area contributed by atoms with Crippen LogP contribution in [0.2, 0.25) is 5.02 Å². The lowest BCUT2D eigenvalue weighted by Crippen LogP contribution is -2.18. The number of rotatable bonds is 3. The number of hydrogen-bond acceptors (Lipinski definition) is 2. The standard InChI is InChI=1S/C14H10ClF3N2S/c15-8-2-1-3-9(6-8)20-10-4-5-11(13(19)21)12(7-10)14(16,17)18/h1-7,20H,(H2,19,21). The summed E-state index contributed by atoms with van der Waals surface area (Å²) in [7, 11) is 0. The van der Waals surface area contributed by atoms with Gasteiger partial charge in [-0.2, -0.15) is 13.2 Å². The van der Waals surface area contributed by atoms with Crippen molar-refractivity contribution in [1.82, 2.24) is 0 Å². The predicted octanol–water partition coefficient (Wildman–Crippen LogP) is 4.74. The zero-order valence-corrected chi connectivity index (χ0v) is 12.1. The van der Waals surface area contributed by atoms with Crippen LogP contribution in [-0.2, 0) is 6.18 Å². The molecule has 0 aliphatic carbocycles. The van der Waals surface area contributed by atoms with Gasteiger partial charge in [0.15, 0.2) is 0 Å². The average molecular weight is 331 g/mol. The van der Waals surface area contributed by atoms with E-state index in [-0.39, 0.29) is 16.2 Å². The first kappa shape index (κ1) is 15.6. The molecule has 0 heterocycles. The molecule has 2 nitrogen and oxygen atoms in total. The van der Waals surface area contributed by atoms with Gasteiger partial charge in [0.2, 0.25) is 0 Å². The minimum absolute atomic E-state index is 0.200. The van der Waals surface area contributed by atoms with E-state index in [9.17, 15) is 13.2 Å². The fraction of sp³-hybridized carbons (Fsp3) is 0.0714. The molecule has 2 aromatic rings. The number of alkyl halides is 3. The molecule has 0 aliphatic rings. The predicted molar refractivity (Wildman–Crippen MR) is 82.1 cm³/mol. The lowest BCUT2D eigenvalue weighted by molar-refractivity contribution is -0.137. The molecule has 0 saturated heterocycles. The van der Waals surface area contributed by atoms with Gasteiger partial charge in [-0.25, -0.2) is 0 Å². The number of benzene rings is 2. The molecular formula is C14H10ClF3N2S. The second-order valence-electron chi connectivity index (χ2n) is 4.26. The normalized spacial score (nSPS) is 11.2. The van der Waals surface area contributed by atoms with Crippen molar-refractivity contribution in [3.05, 3.63) is 58.6 Å². The molecule has 2 rings (SSSR count). The highest BCUT2D eigenvalue weighted by Gasteiger charge is 2.34. The van der Waals surface area contributed by atoms with Crippen LogP contribution in [0.4, 0.5) is 24.5 Å². The van der Waals surface area contributed by atoms with Gasteiger partial charge in [0, 0.05) is 22.0 Å². The Morgan fingerprint density at radius 2 is 1.76 bits per heavy atom. The number of hydrogen-bond donors (Lipinski definition) is 2. The molecule has 0 radical (unpaired) electrons. The lowest BCUT2D eigenvalue weighted by Gasteiger charge is -2.15. The summed E-state index contributed by atoms with van der Waals surface area (Å²) in [4.78, 5) is -0.295. The first-order valence-corrected chi connectivity index (χ1v) is 6.59. The summed E-state index contributed by atoms with van der Waals surface area (Å²) >= 11 is 10.5. The highest BCUT2D eigenvalue weighted by Crippen LogP contribution is 2.34. The second kappa shape index (κ2) is 5.91. The van der Waals surface area contributed by atoms with Gasteiger partial charge in [0.05, 0.1) is 5.56 Å². The Morgan fingerprint density at radius 3 is 2.33 bits per heavy atom. The summed E-state index contributed by atoms with van der Waals surface area (Å²) in [5.74, 6) is 0. The third kappa shape index (κ3) is 3.86. The van der Waals surface area contributed by atoms with E-state index >= 15 is 0 Å². The first-order valence-electron chi connectivity index (χ1n) is 5.81. The molecule has 7 heteroatoms. The maximum absolute atomic E-state index is 13.0. The maximum Gasteiger partial charge on any atom is 0.417 e. The number of nitrogens with two attached hydrogens (primary N) is 1. The average Bonchev–Trinajstić information content (AvgIpc) is 2.37. The van der Waals surface area contributed by atoms with Crippen LogP contribution in [-0.4, -0.2) is 4.99 Å². The van der Waals surface area contributed by atoms with Crippen LogP contribution < -0.4 is 11.1 Å². The molecule has 0 saturated carbocycles. The summed E-state index contributed by atoms with van der Waals surface area (Å²) in [5, 5.41) is 3.34. The Morgan fingerprint density at radius 1 is 1.10 bits per heavy atom. The van der Waals surface area contributed by atoms with E-state index in [1.807, 2.05) is 0 Å². The fourth-order valence-corrected chi connectivity index (χ4v) is 2.17. The minimum Gasteiger partial charge on any atom is -0.389 e. The van der Waals surface area contributed by atoms with Gasteiger partial charge < -0.3 is 11.1 Å². The third-order valence-corrected chi connectivity index (χ3v) is 3.16. The SMILES string of the molecule is NC(=S)c1ccc(Nc2cccc(Cl)c2)cc1C(F)(F)F. The van der Waals surface area contributed by atoms with Crippen LogP contribution in [0.1, 0.15) is 11.1 Å². The summed E-state index contributed by atoms with van der Waals surface area (Å²) in [6.07, 6.45) is -4.54. The quantitative estimate of drug-likeness (QED) is 0.798. The van der Waals surface area contributed by atoms with Crippen molar-refractivity contribution >= 4 is 40.2 Å². The number of nitrogens with one attached hydrogen (secondary N) is 1. The van der Waals surface area contributed by atoms with Crippen LogP contribution in [0.5, 0.6) is 0 Å². The molecule has 2 aromatic carbocycles. The first-order chi connectivity index (χ1) is 9.77. The highest BCUT2D eigenvalue weighted by atomic mass is 35.5. The minimum atomic E-state index is -4.54. The van der Waals surface area contributed by atoms with Crippen LogP contribution >= 0.6 is 23.8 Å². The smallest absolute Gasteiger partial charge is 0.389 e. The van der Waals surface area contributed by atoms with E-state index in [0.29, 0.717) is 10.7 Å². The van der Waals surface area contributed by atoms with Gasteiger partial charge in [-0.3, -0.25) is 0 Å².